The fourth-order valence-corrected chi connectivity index (χ4v) is 2.56. The molecule has 1 N–H and O–H groups in total. The first kappa shape index (κ1) is 13.8. The Balaban J connectivity index is 2.29. The van der Waals surface area contributed by atoms with Crippen LogP contribution in [0.5, 0.6) is 0 Å². The maximum atomic E-state index is 12.3. The summed E-state index contributed by atoms with van der Waals surface area (Å²) in [5.74, 6) is 0.0139. The van der Waals surface area contributed by atoms with Gasteiger partial charge < -0.3 is 5.11 Å². The highest BCUT2D eigenvalue weighted by molar-refractivity contribution is 6.00. The number of aliphatic hydroxyl groups is 1. The van der Waals surface area contributed by atoms with Gasteiger partial charge in [-0.05, 0) is 50.0 Å². The lowest BCUT2D eigenvalue weighted by Gasteiger charge is -2.28. The van der Waals surface area contributed by atoms with Gasteiger partial charge in [-0.15, -0.1) is 0 Å². The largest absolute Gasteiger partial charge is 0.387 e. The molecule has 100 valence electrons. The number of hydrogen-bond acceptors (Lipinski definition) is 2. The molecule has 2 nitrogen and oxygen atoms in total. The Morgan fingerprint density at radius 2 is 2.00 bits per heavy atom. The maximum Gasteiger partial charge on any atom is 0.165 e. The van der Waals surface area contributed by atoms with Crippen molar-refractivity contribution in [2.45, 2.75) is 33.3 Å². The van der Waals surface area contributed by atoms with Crippen molar-refractivity contribution in [3.05, 3.63) is 59.2 Å². The van der Waals surface area contributed by atoms with Crippen molar-refractivity contribution in [2.24, 2.45) is 5.41 Å². The van der Waals surface area contributed by atoms with Crippen molar-refractivity contribution in [1.82, 2.24) is 0 Å². The molecule has 1 aromatic carbocycles. The van der Waals surface area contributed by atoms with Crippen LogP contribution in [0, 0.1) is 5.41 Å². The van der Waals surface area contributed by atoms with E-state index in [1.54, 1.807) is 6.08 Å². The van der Waals surface area contributed by atoms with Crippen LogP contribution in [0.1, 0.15) is 26.3 Å². The molecule has 2 heteroatoms. The Morgan fingerprint density at radius 1 is 1.37 bits per heavy atom. The van der Waals surface area contributed by atoms with E-state index in [1.165, 1.54) is 0 Å². The summed E-state index contributed by atoms with van der Waals surface area (Å²) in [6.07, 6.45) is 3.36. The zero-order chi connectivity index (χ0) is 14.0. The number of carbonyl (C=O) groups excluding carboxylic acids is 1. The monoisotopic (exact) mass is 256 g/mol. The average molecular weight is 256 g/mol. The topological polar surface area (TPSA) is 37.3 Å². The van der Waals surface area contributed by atoms with Gasteiger partial charge in [0, 0.05) is 0 Å². The lowest BCUT2D eigenvalue weighted by atomic mass is 9.77. The second-order valence-corrected chi connectivity index (χ2v) is 5.42. The summed E-state index contributed by atoms with van der Waals surface area (Å²) in [6, 6.07) is 9.84. The summed E-state index contributed by atoms with van der Waals surface area (Å²) in [7, 11) is 0. The minimum atomic E-state index is -0.749. The highest BCUT2D eigenvalue weighted by Gasteiger charge is 2.46. The van der Waals surface area contributed by atoms with Gasteiger partial charge in [-0.2, -0.15) is 0 Å². The number of benzene rings is 1. The van der Waals surface area contributed by atoms with E-state index in [4.69, 9.17) is 0 Å². The molecule has 0 fully saturated rings. The molecule has 0 amide bonds. The second kappa shape index (κ2) is 5.14. The maximum absolute atomic E-state index is 12.3. The van der Waals surface area contributed by atoms with E-state index < -0.39 is 11.5 Å². The number of aliphatic hydroxyl groups excluding tert-OH is 1. The zero-order valence-corrected chi connectivity index (χ0v) is 11.7. The third-order valence-corrected chi connectivity index (χ3v) is 4.05. The Bertz CT molecular complexity index is 540. The number of carbonyl (C=O) groups is 1. The molecular weight excluding hydrogens is 236 g/mol. The summed E-state index contributed by atoms with van der Waals surface area (Å²) < 4.78 is 0. The van der Waals surface area contributed by atoms with Gasteiger partial charge >= 0.3 is 0 Å². The van der Waals surface area contributed by atoms with Gasteiger partial charge in [-0.3, -0.25) is 4.79 Å². The third-order valence-electron chi connectivity index (χ3n) is 4.05. The fourth-order valence-electron chi connectivity index (χ4n) is 2.56. The molecule has 0 aliphatic heterocycles. The first-order valence-corrected chi connectivity index (χ1v) is 6.60. The molecule has 0 bridgehead atoms. The Hall–Kier alpha value is -1.67. The van der Waals surface area contributed by atoms with E-state index in [0.29, 0.717) is 6.42 Å². The van der Waals surface area contributed by atoms with E-state index in [1.807, 2.05) is 57.2 Å². The lowest BCUT2D eigenvalue weighted by molar-refractivity contribution is -0.125. The highest BCUT2D eigenvalue weighted by Crippen LogP contribution is 2.40. The molecule has 0 saturated carbocycles. The standard InChI is InChI=1S/C17H20O2/c1-4-12(2)14-10-15(18)17(3,16(14)19)11-13-8-6-5-7-9-13/h4-10,16,19H,11H2,1-3H3/b12-4+/t16-,17+/m1/s1. The molecule has 0 unspecified atom stereocenters. The van der Waals surface area contributed by atoms with E-state index >= 15 is 0 Å². The quantitative estimate of drug-likeness (QED) is 0.902. The first-order chi connectivity index (χ1) is 8.99. The van der Waals surface area contributed by atoms with Crippen LogP contribution >= 0.6 is 0 Å². The smallest absolute Gasteiger partial charge is 0.165 e. The molecule has 2 rings (SSSR count). The van der Waals surface area contributed by atoms with Crippen LogP contribution in [0.4, 0.5) is 0 Å². The second-order valence-electron chi connectivity index (χ2n) is 5.42. The normalized spacial score (nSPS) is 27.6. The Morgan fingerprint density at radius 3 is 2.58 bits per heavy atom. The lowest BCUT2D eigenvalue weighted by Crippen LogP contribution is -2.37. The van der Waals surface area contributed by atoms with Crippen LogP contribution in [0.2, 0.25) is 0 Å². The number of rotatable bonds is 3. The van der Waals surface area contributed by atoms with Crippen molar-refractivity contribution in [3.8, 4) is 0 Å². The van der Waals surface area contributed by atoms with Crippen LogP contribution in [-0.2, 0) is 11.2 Å². The van der Waals surface area contributed by atoms with Gasteiger partial charge in [0.25, 0.3) is 0 Å². The molecule has 2 atom stereocenters. The molecule has 0 radical (unpaired) electrons. The Labute approximate surface area is 114 Å². The zero-order valence-electron chi connectivity index (χ0n) is 11.7. The third kappa shape index (κ3) is 2.41. The molecule has 1 aromatic rings. The summed E-state index contributed by atoms with van der Waals surface area (Å²) in [5.41, 5.74) is 2.05. The molecule has 0 spiro atoms. The Kier molecular flexibility index (Phi) is 3.72. The van der Waals surface area contributed by atoms with E-state index in [2.05, 4.69) is 0 Å². The molecule has 1 aliphatic carbocycles. The minimum Gasteiger partial charge on any atom is -0.387 e. The molecule has 0 heterocycles. The predicted octanol–water partition coefficient (Wildman–Crippen LogP) is 3.07. The summed E-state index contributed by atoms with van der Waals surface area (Å²) >= 11 is 0. The molecule has 0 aromatic heterocycles. The van der Waals surface area contributed by atoms with Gasteiger partial charge in [0.1, 0.15) is 0 Å². The van der Waals surface area contributed by atoms with Gasteiger partial charge in [-0.25, -0.2) is 0 Å². The van der Waals surface area contributed by atoms with Crippen LogP contribution in [0.25, 0.3) is 0 Å². The summed E-state index contributed by atoms with van der Waals surface area (Å²) in [6.45, 7) is 5.69. The summed E-state index contributed by atoms with van der Waals surface area (Å²) in [5, 5.41) is 10.5. The van der Waals surface area contributed by atoms with Crippen molar-refractivity contribution < 1.29 is 9.90 Å². The summed E-state index contributed by atoms with van der Waals surface area (Å²) in [4.78, 5) is 12.3. The molecule has 0 saturated heterocycles. The molecule has 19 heavy (non-hydrogen) atoms. The molecular formula is C17H20O2. The number of ketones is 1. The van der Waals surface area contributed by atoms with Crippen molar-refractivity contribution in [3.63, 3.8) is 0 Å². The van der Waals surface area contributed by atoms with E-state index in [0.717, 1.165) is 16.7 Å². The van der Waals surface area contributed by atoms with Gasteiger partial charge in [0.15, 0.2) is 5.78 Å². The van der Waals surface area contributed by atoms with Gasteiger partial charge in [0.2, 0.25) is 0 Å². The first-order valence-electron chi connectivity index (χ1n) is 6.60. The van der Waals surface area contributed by atoms with Crippen LogP contribution in [0.15, 0.2) is 53.6 Å². The number of allylic oxidation sites excluding steroid dienone is 2. The van der Waals surface area contributed by atoms with Crippen molar-refractivity contribution in [2.75, 3.05) is 0 Å². The predicted molar refractivity (Wildman–Crippen MR) is 76.8 cm³/mol. The highest BCUT2D eigenvalue weighted by atomic mass is 16.3. The van der Waals surface area contributed by atoms with Crippen LogP contribution in [-0.4, -0.2) is 17.0 Å². The average Bonchev–Trinajstić information content (AvgIpc) is 2.64. The SMILES string of the molecule is C/C=C(\C)C1=CC(=O)[C@](C)(Cc2ccccc2)[C@@H]1O. The van der Waals surface area contributed by atoms with Gasteiger partial charge in [-0.1, -0.05) is 36.4 Å². The van der Waals surface area contributed by atoms with E-state index in [-0.39, 0.29) is 5.78 Å². The fraction of sp³-hybridized carbons (Fsp3) is 0.353. The molecule has 1 aliphatic rings. The van der Waals surface area contributed by atoms with Crippen molar-refractivity contribution in [1.29, 1.82) is 0 Å². The van der Waals surface area contributed by atoms with Crippen LogP contribution < -0.4 is 0 Å². The van der Waals surface area contributed by atoms with Crippen molar-refractivity contribution >= 4 is 5.78 Å². The van der Waals surface area contributed by atoms with Gasteiger partial charge in [0.05, 0.1) is 11.5 Å². The van der Waals surface area contributed by atoms with E-state index in [9.17, 15) is 9.90 Å². The van der Waals surface area contributed by atoms with Crippen LogP contribution in [0.3, 0.4) is 0 Å². The number of hydrogen-bond donors (Lipinski definition) is 1. The minimum absolute atomic E-state index is 0.0139.